The number of nitrogens with one attached hydrogen (secondary N) is 1. The lowest BCUT2D eigenvalue weighted by molar-refractivity contribution is 0.0505. The zero-order chi connectivity index (χ0) is 10.3. The van der Waals surface area contributed by atoms with Gasteiger partial charge < -0.3 is 5.32 Å². The van der Waals surface area contributed by atoms with Gasteiger partial charge in [0.05, 0.1) is 5.50 Å². The molecule has 0 radical (unpaired) electrons. The van der Waals surface area contributed by atoms with Gasteiger partial charge in [0.1, 0.15) is 0 Å². The van der Waals surface area contributed by atoms with E-state index in [1.165, 1.54) is 24.8 Å². The molecule has 3 aliphatic rings. The molecule has 3 atom stereocenters. The molecule has 3 fully saturated rings. The topological polar surface area (TPSA) is 12.0 Å². The lowest BCUT2D eigenvalue weighted by Gasteiger charge is -2.51. The standard InChI is InChI=1S/C12H20ClN/c1-8(2)7-12(11(13)14-3)9-4-5-10(12)6-9/h7,9-11,14H,4-6H2,1-3H3. The van der Waals surface area contributed by atoms with E-state index in [1.807, 2.05) is 7.05 Å². The van der Waals surface area contributed by atoms with Gasteiger partial charge in [0.15, 0.2) is 0 Å². The van der Waals surface area contributed by atoms with Crippen molar-refractivity contribution in [2.75, 3.05) is 7.05 Å². The number of fused-ring (bicyclic) bond motifs is 1. The fourth-order valence-corrected chi connectivity index (χ4v) is 3.95. The smallest absolute Gasteiger partial charge is 0.0920 e. The first-order valence-corrected chi connectivity index (χ1v) is 6.02. The minimum absolute atomic E-state index is 0.114. The molecule has 0 aromatic carbocycles. The number of halogens is 1. The molecule has 0 heterocycles. The van der Waals surface area contributed by atoms with E-state index in [-0.39, 0.29) is 10.9 Å². The van der Waals surface area contributed by atoms with Crippen LogP contribution < -0.4 is 5.32 Å². The van der Waals surface area contributed by atoms with Crippen molar-refractivity contribution in [3.05, 3.63) is 11.6 Å². The molecule has 3 aliphatic carbocycles. The van der Waals surface area contributed by atoms with E-state index in [0.29, 0.717) is 0 Å². The molecular weight excluding hydrogens is 194 g/mol. The van der Waals surface area contributed by atoms with Crippen LogP contribution in [0.4, 0.5) is 0 Å². The molecule has 0 spiro atoms. The maximum absolute atomic E-state index is 6.44. The van der Waals surface area contributed by atoms with Gasteiger partial charge in [0.2, 0.25) is 0 Å². The number of alkyl halides is 1. The second-order valence-electron chi connectivity index (χ2n) is 5.08. The van der Waals surface area contributed by atoms with Crippen molar-refractivity contribution in [1.82, 2.24) is 5.32 Å². The summed E-state index contributed by atoms with van der Waals surface area (Å²) in [6.07, 6.45) is 6.57. The van der Waals surface area contributed by atoms with Crippen molar-refractivity contribution in [1.29, 1.82) is 0 Å². The summed E-state index contributed by atoms with van der Waals surface area (Å²) in [7, 11) is 1.97. The van der Waals surface area contributed by atoms with Crippen molar-refractivity contribution < 1.29 is 0 Å². The molecular formula is C12H20ClN. The highest BCUT2D eigenvalue weighted by molar-refractivity contribution is 6.21. The first-order valence-electron chi connectivity index (χ1n) is 5.58. The average Bonchev–Trinajstić information content (AvgIpc) is 2.72. The maximum Gasteiger partial charge on any atom is 0.0920 e. The number of hydrogen-bond acceptors (Lipinski definition) is 1. The Labute approximate surface area is 91.9 Å². The zero-order valence-electron chi connectivity index (χ0n) is 9.31. The van der Waals surface area contributed by atoms with Gasteiger partial charge in [-0.25, -0.2) is 0 Å². The molecule has 0 aromatic rings. The van der Waals surface area contributed by atoms with Crippen molar-refractivity contribution in [2.24, 2.45) is 17.3 Å². The van der Waals surface area contributed by atoms with Crippen LogP contribution in [0.5, 0.6) is 0 Å². The molecule has 80 valence electrons. The van der Waals surface area contributed by atoms with Crippen molar-refractivity contribution in [3.8, 4) is 0 Å². The number of allylic oxidation sites excluding steroid dienone is 1. The molecule has 2 bridgehead atoms. The zero-order valence-corrected chi connectivity index (χ0v) is 10.1. The van der Waals surface area contributed by atoms with Crippen LogP contribution in [0, 0.1) is 17.3 Å². The van der Waals surface area contributed by atoms with E-state index in [4.69, 9.17) is 11.6 Å². The predicted octanol–water partition coefficient (Wildman–Crippen LogP) is 3.15. The predicted molar refractivity (Wildman–Crippen MR) is 61.4 cm³/mol. The SMILES string of the molecule is CNC(Cl)C1(C=C(C)C)C2CCC1C2. The summed E-state index contributed by atoms with van der Waals surface area (Å²) in [4.78, 5) is 0. The third-order valence-electron chi connectivity index (χ3n) is 4.08. The molecule has 1 N–H and O–H groups in total. The van der Waals surface area contributed by atoms with Gasteiger partial charge in [0, 0.05) is 5.41 Å². The molecule has 3 saturated carbocycles. The summed E-state index contributed by atoms with van der Waals surface area (Å²) in [6.45, 7) is 4.36. The molecule has 0 saturated heterocycles. The first kappa shape index (κ1) is 10.5. The third kappa shape index (κ3) is 1.25. The normalized spacial score (nSPS) is 41.7. The lowest BCUT2D eigenvalue weighted by atomic mass is 9.57. The highest BCUT2D eigenvalue weighted by atomic mass is 35.5. The summed E-state index contributed by atoms with van der Waals surface area (Å²) in [5.41, 5.74) is 1.79. The minimum Gasteiger partial charge on any atom is -0.304 e. The van der Waals surface area contributed by atoms with Crippen LogP contribution in [-0.4, -0.2) is 12.5 Å². The van der Waals surface area contributed by atoms with Gasteiger partial charge in [-0.05, 0) is 52.0 Å². The summed E-state index contributed by atoms with van der Waals surface area (Å²) in [5.74, 6) is 1.66. The maximum atomic E-state index is 6.44. The van der Waals surface area contributed by atoms with Crippen LogP contribution in [0.1, 0.15) is 33.1 Å². The van der Waals surface area contributed by atoms with Gasteiger partial charge in [-0.2, -0.15) is 0 Å². The van der Waals surface area contributed by atoms with Crippen LogP contribution in [0.3, 0.4) is 0 Å². The molecule has 0 amide bonds. The Morgan fingerprint density at radius 2 is 2.00 bits per heavy atom. The first-order chi connectivity index (χ1) is 6.61. The van der Waals surface area contributed by atoms with Crippen LogP contribution >= 0.6 is 11.6 Å². The Hall–Kier alpha value is -0.0100. The minimum atomic E-state index is 0.114. The van der Waals surface area contributed by atoms with Crippen molar-refractivity contribution in [3.63, 3.8) is 0 Å². The third-order valence-corrected chi connectivity index (χ3v) is 4.67. The van der Waals surface area contributed by atoms with Gasteiger partial charge >= 0.3 is 0 Å². The monoisotopic (exact) mass is 213 g/mol. The molecule has 2 heteroatoms. The Bertz CT molecular complexity index is 241. The van der Waals surface area contributed by atoms with E-state index in [2.05, 4.69) is 25.2 Å². The van der Waals surface area contributed by atoms with Crippen molar-refractivity contribution >= 4 is 11.6 Å². The Balaban J connectivity index is 2.27. The van der Waals surface area contributed by atoms with Crippen LogP contribution in [0.15, 0.2) is 11.6 Å². The second kappa shape index (κ2) is 3.53. The molecule has 3 rings (SSSR count). The van der Waals surface area contributed by atoms with E-state index in [1.54, 1.807) is 0 Å². The van der Waals surface area contributed by atoms with E-state index >= 15 is 0 Å². The lowest BCUT2D eigenvalue weighted by Crippen LogP contribution is -2.52. The van der Waals surface area contributed by atoms with Crippen molar-refractivity contribution in [2.45, 2.75) is 38.6 Å². The van der Waals surface area contributed by atoms with Gasteiger partial charge in [-0.3, -0.25) is 0 Å². The number of rotatable bonds is 3. The van der Waals surface area contributed by atoms with Crippen LogP contribution in [0.2, 0.25) is 0 Å². The fraction of sp³-hybridized carbons (Fsp3) is 0.833. The highest BCUT2D eigenvalue weighted by Crippen LogP contribution is 2.65. The summed E-state index contributed by atoms with van der Waals surface area (Å²) < 4.78 is 0. The molecule has 3 unspecified atom stereocenters. The molecule has 0 aliphatic heterocycles. The Morgan fingerprint density at radius 1 is 1.43 bits per heavy atom. The summed E-state index contributed by atoms with van der Waals surface area (Å²) in [6, 6.07) is 0. The van der Waals surface area contributed by atoms with E-state index in [9.17, 15) is 0 Å². The van der Waals surface area contributed by atoms with Crippen LogP contribution in [-0.2, 0) is 0 Å². The fourth-order valence-electron chi connectivity index (χ4n) is 3.54. The largest absolute Gasteiger partial charge is 0.304 e. The van der Waals surface area contributed by atoms with Gasteiger partial charge in [-0.1, -0.05) is 11.6 Å². The van der Waals surface area contributed by atoms with Gasteiger partial charge in [0.25, 0.3) is 0 Å². The average molecular weight is 214 g/mol. The van der Waals surface area contributed by atoms with Crippen LogP contribution in [0.25, 0.3) is 0 Å². The Morgan fingerprint density at radius 3 is 2.36 bits per heavy atom. The second-order valence-corrected chi connectivity index (χ2v) is 5.52. The van der Waals surface area contributed by atoms with E-state index in [0.717, 1.165) is 11.8 Å². The quantitative estimate of drug-likeness (QED) is 0.432. The highest BCUT2D eigenvalue weighted by Gasteiger charge is 2.60. The molecule has 1 nitrogen and oxygen atoms in total. The molecule has 0 aromatic heterocycles. The summed E-state index contributed by atoms with van der Waals surface area (Å²) in [5, 5.41) is 3.23. The van der Waals surface area contributed by atoms with E-state index < -0.39 is 0 Å². The summed E-state index contributed by atoms with van der Waals surface area (Å²) >= 11 is 6.44. The number of hydrogen-bond donors (Lipinski definition) is 1. The van der Waals surface area contributed by atoms with Gasteiger partial charge in [-0.15, -0.1) is 11.6 Å². The Kier molecular flexibility index (Phi) is 2.65. The molecule has 14 heavy (non-hydrogen) atoms.